The van der Waals surface area contributed by atoms with E-state index < -0.39 is 0 Å². The molecule has 4 aromatic rings. The van der Waals surface area contributed by atoms with Gasteiger partial charge in [-0.15, -0.1) is 35.9 Å². The van der Waals surface area contributed by atoms with Crippen molar-refractivity contribution < 1.29 is 21.1 Å². The Labute approximate surface area is 219 Å². The van der Waals surface area contributed by atoms with E-state index in [2.05, 4.69) is 117 Å². The van der Waals surface area contributed by atoms with Crippen molar-refractivity contribution >= 4 is 17.2 Å². The van der Waals surface area contributed by atoms with E-state index >= 15 is 0 Å². The van der Waals surface area contributed by atoms with Crippen LogP contribution in [0.5, 0.6) is 0 Å². The molecule has 0 nitrogen and oxygen atoms in total. The maximum atomic E-state index is 3.66. The van der Waals surface area contributed by atoms with Crippen LogP contribution in [0.15, 0.2) is 134 Å². The average molecular weight is 622 g/mol. The molecular weight excluding hydrogens is 591 g/mol. The third-order valence-corrected chi connectivity index (χ3v) is 4.98. The molecule has 0 saturated heterocycles. The van der Waals surface area contributed by atoms with Gasteiger partial charge in [-0.1, -0.05) is 144 Å². The van der Waals surface area contributed by atoms with Gasteiger partial charge in [0, 0.05) is 0 Å². The fraction of sp³-hybridized carbons (Fsp3) is 0.0606. The fourth-order valence-corrected chi connectivity index (χ4v) is 3.34. The predicted octanol–water partition coefficient (Wildman–Crippen LogP) is 8.95. The molecule has 0 aliphatic carbocycles. The predicted molar refractivity (Wildman–Crippen MR) is 144 cm³/mol. The maximum Gasteiger partial charge on any atom is 2.00 e. The van der Waals surface area contributed by atoms with Crippen molar-refractivity contribution in [3.05, 3.63) is 169 Å². The molecule has 0 saturated carbocycles. The molecule has 0 aliphatic heterocycles. The zero-order valence-electron chi connectivity index (χ0n) is 19.3. The number of rotatable bonds is 7. The van der Waals surface area contributed by atoms with E-state index in [9.17, 15) is 0 Å². The summed E-state index contributed by atoms with van der Waals surface area (Å²) in [5.74, 6) is 0. The molecular formula is C33H30Pt. The van der Waals surface area contributed by atoms with Gasteiger partial charge in [0.05, 0.1) is 0 Å². The minimum atomic E-state index is 0. The summed E-state index contributed by atoms with van der Waals surface area (Å²) in [7, 11) is 0. The molecule has 0 atom stereocenters. The standard InChI is InChI=1S/C28H21.C5H9.Pt/c1-5-13-23(14-6-1)21-27(25-17-9-3-10-18-25)28(26-19-11-4-12-20-26)22-24-15-7-2-8-16-24;1-3-5-4-2;/h1-21H;3H,1-2,4-5H2;/q2*-1;+2/b27-21+;;. The van der Waals surface area contributed by atoms with Crippen LogP contribution in [-0.4, -0.2) is 0 Å². The summed E-state index contributed by atoms with van der Waals surface area (Å²) < 4.78 is 0. The van der Waals surface area contributed by atoms with Crippen LogP contribution >= 0.6 is 0 Å². The second kappa shape index (κ2) is 15.6. The monoisotopic (exact) mass is 621 g/mol. The van der Waals surface area contributed by atoms with Crippen LogP contribution in [-0.2, 0) is 21.1 Å². The minimum absolute atomic E-state index is 0. The molecule has 4 aromatic carbocycles. The molecule has 0 aromatic heterocycles. The van der Waals surface area contributed by atoms with Crippen molar-refractivity contribution in [3.8, 4) is 0 Å². The van der Waals surface area contributed by atoms with Crippen LogP contribution in [0.1, 0.15) is 35.1 Å². The second-order valence-electron chi connectivity index (χ2n) is 7.50. The van der Waals surface area contributed by atoms with E-state index in [4.69, 9.17) is 0 Å². The number of hydrogen-bond acceptors (Lipinski definition) is 0. The van der Waals surface area contributed by atoms with Gasteiger partial charge >= 0.3 is 21.1 Å². The van der Waals surface area contributed by atoms with Crippen molar-refractivity contribution in [1.82, 2.24) is 0 Å². The van der Waals surface area contributed by atoms with Crippen LogP contribution in [0.3, 0.4) is 0 Å². The zero-order valence-corrected chi connectivity index (χ0v) is 21.6. The molecule has 0 radical (unpaired) electrons. The van der Waals surface area contributed by atoms with E-state index in [0.29, 0.717) is 0 Å². The van der Waals surface area contributed by atoms with Gasteiger partial charge in [0.2, 0.25) is 0 Å². The molecule has 0 heterocycles. The van der Waals surface area contributed by atoms with E-state index in [0.717, 1.165) is 35.1 Å². The second-order valence-corrected chi connectivity index (χ2v) is 7.50. The van der Waals surface area contributed by atoms with Crippen molar-refractivity contribution in [1.29, 1.82) is 0 Å². The van der Waals surface area contributed by atoms with Gasteiger partial charge < -0.3 is 6.92 Å². The van der Waals surface area contributed by atoms with Crippen LogP contribution < -0.4 is 0 Å². The van der Waals surface area contributed by atoms with Crippen LogP contribution in [0.2, 0.25) is 0 Å². The third-order valence-electron chi connectivity index (χ3n) is 4.98. The van der Waals surface area contributed by atoms with Crippen molar-refractivity contribution in [2.45, 2.75) is 12.8 Å². The van der Waals surface area contributed by atoms with Gasteiger partial charge in [0.1, 0.15) is 0 Å². The molecule has 4 rings (SSSR count). The van der Waals surface area contributed by atoms with Gasteiger partial charge in [-0.3, -0.25) is 0 Å². The Balaban J connectivity index is 0.000000619. The molecule has 0 amide bonds. The normalized spacial score (nSPS) is 11.0. The summed E-state index contributed by atoms with van der Waals surface area (Å²) in [6.07, 6.45) is 9.79. The Morgan fingerprint density at radius 1 is 0.676 bits per heavy atom. The van der Waals surface area contributed by atoms with Crippen molar-refractivity contribution in [3.63, 3.8) is 0 Å². The van der Waals surface area contributed by atoms with Gasteiger partial charge in [-0.25, -0.2) is 0 Å². The van der Waals surface area contributed by atoms with Gasteiger partial charge in [-0.2, -0.15) is 6.42 Å². The minimum Gasteiger partial charge on any atom is -0.343 e. The zero-order chi connectivity index (χ0) is 23.1. The fourth-order valence-electron chi connectivity index (χ4n) is 3.34. The van der Waals surface area contributed by atoms with Gasteiger partial charge in [0.15, 0.2) is 0 Å². The first-order valence-corrected chi connectivity index (χ1v) is 11.3. The molecule has 1 heteroatoms. The third kappa shape index (κ3) is 8.62. The molecule has 0 aliphatic rings. The molecule has 0 bridgehead atoms. The maximum absolute atomic E-state index is 3.66. The summed E-state index contributed by atoms with van der Waals surface area (Å²) in [5, 5.41) is 0. The van der Waals surface area contributed by atoms with E-state index in [1.807, 2.05) is 36.4 Å². The van der Waals surface area contributed by atoms with E-state index in [1.165, 1.54) is 11.1 Å². The molecule has 0 fully saturated rings. The van der Waals surface area contributed by atoms with Gasteiger partial charge in [-0.05, 0) is 5.56 Å². The quantitative estimate of drug-likeness (QED) is 0.0837. The van der Waals surface area contributed by atoms with Crippen LogP contribution in [0.4, 0.5) is 0 Å². The van der Waals surface area contributed by atoms with Crippen LogP contribution in [0, 0.1) is 13.0 Å². The Morgan fingerprint density at radius 3 is 1.62 bits per heavy atom. The Bertz CT molecular complexity index is 1050. The summed E-state index contributed by atoms with van der Waals surface area (Å²) in [6.45, 7) is 7.11. The summed E-state index contributed by atoms with van der Waals surface area (Å²) in [6, 6.07) is 41.8. The molecule has 0 unspecified atom stereocenters. The molecule has 0 N–H and O–H groups in total. The Kier molecular flexibility index (Phi) is 12.4. The number of unbranched alkanes of at least 4 members (excludes halogenated alkanes) is 1. The number of allylic oxidation sites excluding steroid dienone is 3. The SMILES string of the molecule is C=CCC[CH2-].[C-](=C(/C(=C/c1ccccc1)c1ccccc1)c1ccccc1)c1ccccc1.[Pt+2]. The Morgan fingerprint density at radius 2 is 1.15 bits per heavy atom. The topological polar surface area (TPSA) is 0 Å². The summed E-state index contributed by atoms with van der Waals surface area (Å²) >= 11 is 0. The largest absolute Gasteiger partial charge is 2.00 e. The summed E-state index contributed by atoms with van der Waals surface area (Å²) in [5.41, 5.74) is 6.80. The molecule has 0 spiro atoms. The smallest absolute Gasteiger partial charge is 0.343 e. The Hall–Kier alpha value is -3.21. The average Bonchev–Trinajstić information content (AvgIpc) is 2.89. The van der Waals surface area contributed by atoms with Gasteiger partial charge in [0.25, 0.3) is 0 Å². The number of hydrogen-bond donors (Lipinski definition) is 0. The first-order chi connectivity index (χ1) is 16.3. The summed E-state index contributed by atoms with van der Waals surface area (Å²) in [4.78, 5) is 0. The first-order valence-electron chi connectivity index (χ1n) is 11.3. The first kappa shape index (κ1) is 27.0. The molecule has 172 valence electrons. The van der Waals surface area contributed by atoms with E-state index in [-0.39, 0.29) is 21.1 Å². The van der Waals surface area contributed by atoms with Crippen LogP contribution in [0.25, 0.3) is 17.2 Å². The van der Waals surface area contributed by atoms with Crippen molar-refractivity contribution in [2.24, 2.45) is 0 Å². The number of benzene rings is 4. The van der Waals surface area contributed by atoms with Crippen molar-refractivity contribution in [2.75, 3.05) is 0 Å². The molecule has 34 heavy (non-hydrogen) atoms. The van der Waals surface area contributed by atoms with E-state index in [1.54, 1.807) is 0 Å².